The van der Waals surface area contributed by atoms with Gasteiger partial charge in [-0.05, 0) is 0 Å². The van der Waals surface area contributed by atoms with Gasteiger partial charge in [0.1, 0.15) is 0 Å². The van der Waals surface area contributed by atoms with Gasteiger partial charge in [0.15, 0.2) is 0 Å². The SMILES string of the molecule is C=CCc1cccc[c]1[Bi]([CH2]CCCC)[CH2]CCCC. The molecule has 0 aliphatic carbocycles. The maximum atomic E-state index is 3.93. The second-order valence-electron chi connectivity index (χ2n) is 5.52. The molecule has 0 fully saturated rings. The van der Waals surface area contributed by atoms with Crippen LogP contribution in [0.2, 0.25) is 8.26 Å². The van der Waals surface area contributed by atoms with Crippen LogP contribution in [0.3, 0.4) is 0 Å². The minimum absolute atomic E-state index is 1.06. The molecule has 0 N–H and O–H groups in total. The van der Waals surface area contributed by atoms with Gasteiger partial charge in [-0.15, -0.1) is 0 Å². The van der Waals surface area contributed by atoms with Crippen LogP contribution in [0, 0.1) is 0 Å². The zero-order valence-electron chi connectivity index (χ0n) is 13.4. The Morgan fingerprint density at radius 1 is 0.950 bits per heavy atom. The third-order valence-electron chi connectivity index (χ3n) is 3.76. The molecule has 112 valence electrons. The van der Waals surface area contributed by atoms with E-state index in [1.807, 2.05) is 0 Å². The molecule has 0 bridgehead atoms. The van der Waals surface area contributed by atoms with Crippen molar-refractivity contribution in [1.29, 1.82) is 0 Å². The number of hydrogen-bond donors (Lipinski definition) is 0. The number of rotatable bonds is 11. The average Bonchev–Trinajstić information content (AvgIpc) is 2.47. The monoisotopic (exact) mass is 468 g/mol. The van der Waals surface area contributed by atoms with Crippen LogP contribution in [0.5, 0.6) is 0 Å². The van der Waals surface area contributed by atoms with Crippen LogP contribution >= 0.6 is 0 Å². The second-order valence-corrected chi connectivity index (χ2v) is 15.1. The summed E-state index contributed by atoms with van der Waals surface area (Å²) in [7, 11) is 0. The third kappa shape index (κ3) is 6.53. The van der Waals surface area contributed by atoms with Crippen LogP contribution in [0.15, 0.2) is 36.9 Å². The molecule has 1 aromatic rings. The molecule has 0 radical (unpaired) electrons. The molecular formula is C19H31Bi. The van der Waals surface area contributed by atoms with Crippen LogP contribution in [0.25, 0.3) is 0 Å². The first kappa shape index (κ1) is 17.9. The second kappa shape index (κ2) is 11.5. The van der Waals surface area contributed by atoms with Gasteiger partial charge in [0.25, 0.3) is 0 Å². The van der Waals surface area contributed by atoms with E-state index in [4.69, 9.17) is 0 Å². The van der Waals surface area contributed by atoms with Crippen molar-refractivity contribution in [3.8, 4) is 0 Å². The van der Waals surface area contributed by atoms with Gasteiger partial charge in [0, 0.05) is 0 Å². The Balaban J connectivity index is 2.75. The third-order valence-corrected chi connectivity index (χ3v) is 14.8. The summed E-state index contributed by atoms with van der Waals surface area (Å²) >= 11 is -1.49. The molecule has 0 unspecified atom stereocenters. The molecule has 1 heteroatoms. The summed E-state index contributed by atoms with van der Waals surface area (Å²) in [6.45, 7) is 8.55. The molecule has 0 aliphatic heterocycles. The Morgan fingerprint density at radius 3 is 2.10 bits per heavy atom. The van der Waals surface area contributed by atoms with Crippen LogP contribution < -0.4 is 3.27 Å². The predicted molar refractivity (Wildman–Crippen MR) is 94.4 cm³/mol. The molecule has 0 heterocycles. The zero-order valence-corrected chi connectivity index (χ0v) is 16.9. The quantitative estimate of drug-likeness (QED) is 0.229. The van der Waals surface area contributed by atoms with Crippen molar-refractivity contribution in [3.63, 3.8) is 0 Å². The van der Waals surface area contributed by atoms with Crippen molar-refractivity contribution in [2.75, 3.05) is 0 Å². The van der Waals surface area contributed by atoms with E-state index in [2.05, 4.69) is 50.8 Å². The Hall–Kier alpha value is -0.157. The van der Waals surface area contributed by atoms with Crippen LogP contribution in [0.4, 0.5) is 0 Å². The van der Waals surface area contributed by atoms with Crippen LogP contribution in [-0.2, 0) is 6.42 Å². The molecular weight excluding hydrogens is 437 g/mol. The van der Waals surface area contributed by atoms with Gasteiger partial charge in [0.2, 0.25) is 0 Å². The topological polar surface area (TPSA) is 0 Å². The molecule has 0 aliphatic rings. The summed E-state index contributed by atoms with van der Waals surface area (Å²) in [6, 6.07) is 9.22. The first-order valence-electron chi connectivity index (χ1n) is 8.27. The normalized spacial score (nSPS) is 10.9. The molecule has 1 aromatic carbocycles. The fourth-order valence-corrected chi connectivity index (χ4v) is 13.4. The molecule has 0 aromatic heterocycles. The average molecular weight is 468 g/mol. The molecule has 1 rings (SSSR count). The number of allylic oxidation sites excluding steroid dienone is 1. The maximum absolute atomic E-state index is 3.93. The van der Waals surface area contributed by atoms with E-state index < -0.39 is 21.8 Å². The standard InChI is InChI=1S/C9H9.2C5H11.Bi/c1-2-6-9-7-4-3-5-8-9;2*1-3-5-4-2;/h2-5,7H,1,6H2;2*1,3-5H2,2H3;. The number of benzene rings is 1. The van der Waals surface area contributed by atoms with Crippen LogP contribution in [-0.4, -0.2) is 21.8 Å². The molecule has 0 saturated heterocycles. The molecule has 0 spiro atoms. The number of unbranched alkanes of at least 4 members (excludes halogenated alkanes) is 4. The van der Waals surface area contributed by atoms with Crippen molar-refractivity contribution in [3.05, 3.63) is 42.5 Å². The molecule has 0 amide bonds. The van der Waals surface area contributed by atoms with Crippen molar-refractivity contribution < 1.29 is 0 Å². The Labute approximate surface area is 134 Å². The van der Waals surface area contributed by atoms with Gasteiger partial charge in [-0.25, -0.2) is 0 Å². The van der Waals surface area contributed by atoms with Crippen molar-refractivity contribution >= 4 is 25.0 Å². The van der Waals surface area contributed by atoms with E-state index in [0.29, 0.717) is 0 Å². The van der Waals surface area contributed by atoms with E-state index in [0.717, 1.165) is 6.42 Å². The number of hydrogen-bond acceptors (Lipinski definition) is 0. The summed E-state index contributed by atoms with van der Waals surface area (Å²) < 4.78 is 4.90. The van der Waals surface area contributed by atoms with E-state index >= 15 is 0 Å². The van der Waals surface area contributed by atoms with Crippen molar-refractivity contribution in [1.82, 2.24) is 0 Å². The Kier molecular flexibility index (Phi) is 10.3. The first-order chi connectivity index (χ1) is 9.83. The molecule has 0 atom stereocenters. The van der Waals surface area contributed by atoms with Crippen molar-refractivity contribution in [2.45, 2.75) is 67.1 Å². The summed E-state index contributed by atoms with van der Waals surface area (Å²) in [4.78, 5) is 0. The summed E-state index contributed by atoms with van der Waals surface area (Å²) in [6.07, 6.45) is 11.6. The Morgan fingerprint density at radius 2 is 1.55 bits per heavy atom. The Bertz CT molecular complexity index is 360. The first-order valence-corrected chi connectivity index (χ1v) is 14.9. The molecule has 0 nitrogen and oxygen atoms in total. The van der Waals surface area contributed by atoms with E-state index in [9.17, 15) is 0 Å². The van der Waals surface area contributed by atoms with Crippen molar-refractivity contribution in [2.24, 2.45) is 0 Å². The molecule has 20 heavy (non-hydrogen) atoms. The van der Waals surface area contributed by atoms with Gasteiger partial charge in [0.05, 0.1) is 0 Å². The summed E-state index contributed by atoms with van der Waals surface area (Å²) in [5, 5.41) is 0. The van der Waals surface area contributed by atoms with Gasteiger partial charge in [-0.1, -0.05) is 0 Å². The van der Waals surface area contributed by atoms with E-state index in [-0.39, 0.29) is 0 Å². The summed E-state index contributed by atoms with van der Waals surface area (Å²) in [5.74, 6) is 0. The molecule has 0 saturated carbocycles. The van der Waals surface area contributed by atoms with E-state index in [1.54, 1.807) is 17.1 Å². The summed E-state index contributed by atoms with van der Waals surface area (Å²) in [5.41, 5.74) is 1.58. The van der Waals surface area contributed by atoms with E-state index in [1.165, 1.54) is 38.5 Å². The fourth-order valence-electron chi connectivity index (χ4n) is 2.61. The minimum atomic E-state index is -1.49. The fraction of sp³-hybridized carbons (Fsp3) is 0.579. The van der Waals surface area contributed by atoms with Gasteiger partial charge >= 0.3 is 135 Å². The van der Waals surface area contributed by atoms with Gasteiger partial charge in [-0.3, -0.25) is 0 Å². The van der Waals surface area contributed by atoms with Gasteiger partial charge < -0.3 is 0 Å². The van der Waals surface area contributed by atoms with Crippen LogP contribution in [0.1, 0.15) is 57.9 Å². The zero-order chi connectivity index (χ0) is 14.6. The van der Waals surface area contributed by atoms with Gasteiger partial charge in [-0.2, -0.15) is 0 Å². The predicted octanol–water partition coefficient (Wildman–Crippen LogP) is 5.50.